The summed E-state index contributed by atoms with van der Waals surface area (Å²) in [6.45, 7) is 3.99. The molecule has 2 unspecified atom stereocenters. The Labute approximate surface area is 138 Å². The monoisotopic (exact) mass is 317 g/mol. The zero-order chi connectivity index (χ0) is 16.1. The van der Waals surface area contributed by atoms with E-state index in [1.807, 2.05) is 25.2 Å². The Bertz CT molecular complexity index is 521. The van der Waals surface area contributed by atoms with Gasteiger partial charge in [-0.3, -0.25) is 4.99 Å². The average molecular weight is 317 g/mol. The van der Waals surface area contributed by atoms with Crippen molar-refractivity contribution in [2.45, 2.75) is 31.4 Å². The highest BCUT2D eigenvalue weighted by atomic mass is 16.5. The number of pyridine rings is 1. The molecule has 126 valence electrons. The van der Waals surface area contributed by atoms with Crippen LogP contribution in [0.1, 0.15) is 19.3 Å². The van der Waals surface area contributed by atoms with E-state index in [1.165, 1.54) is 19.4 Å². The summed E-state index contributed by atoms with van der Waals surface area (Å²) in [6.07, 6.45) is 5.51. The number of aliphatic imine (C=N–C) groups is 1. The third-order valence-electron chi connectivity index (χ3n) is 4.75. The zero-order valence-electron chi connectivity index (χ0n) is 14.1. The van der Waals surface area contributed by atoms with Crippen LogP contribution in [0.3, 0.4) is 0 Å². The van der Waals surface area contributed by atoms with E-state index >= 15 is 0 Å². The number of likely N-dealkylation sites (N-methyl/N-ethyl adjacent to an activating group) is 1. The quantitative estimate of drug-likeness (QED) is 0.668. The lowest BCUT2D eigenvalue weighted by Crippen LogP contribution is -2.45. The van der Waals surface area contributed by atoms with Gasteiger partial charge in [0.2, 0.25) is 5.88 Å². The largest absolute Gasteiger partial charge is 0.472 e. The first-order chi connectivity index (χ1) is 11.3. The Morgan fingerprint density at radius 3 is 3.00 bits per heavy atom. The van der Waals surface area contributed by atoms with Crippen LogP contribution in [0.2, 0.25) is 0 Å². The maximum atomic E-state index is 5.95. The van der Waals surface area contributed by atoms with E-state index in [2.05, 4.69) is 32.1 Å². The lowest BCUT2D eigenvalue weighted by Gasteiger charge is -2.25. The molecule has 0 aromatic carbocycles. The standard InChI is InChI=1S/C17H27N5O/c1-18-17(20-12-14-6-5-10-21(14)2)22-11-8-15(13-22)23-16-7-3-4-9-19-16/h3-4,7,9,14-15H,5-6,8,10-13H2,1-2H3,(H,18,20). The fourth-order valence-corrected chi connectivity index (χ4v) is 3.38. The molecule has 0 saturated carbocycles. The van der Waals surface area contributed by atoms with Crippen molar-refractivity contribution < 1.29 is 4.74 Å². The number of nitrogens with zero attached hydrogens (tertiary/aromatic N) is 4. The number of hydrogen-bond donors (Lipinski definition) is 1. The molecular weight excluding hydrogens is 290 g/mol. The van der Waals surface area contributed by atoms with Crippen LogP contribution in [0.25, 0.3) is 0 Å². The Hall–Kier alpha value is -1.82. The molecule has 6 nitrogen and oxygen atoms in total. The molecule has 6 heteroatoms. The van der Waals surface area contributed by atoms with Gasteiger partial charge in [0.05, 0.1) is 6.54 Å². The molecule has 1 aromatic heterocycles. The van der Waals surface area contributed by atoms with E-state index in [9.17, 15) is 0 Å². The Morgan fingerprint density at radius 1 is 1.39 bits per heavy atom. The Morgan fingerprint density at radius 2 is 2.30 bits per heavy atom. The van der Waals surface area contributed by atoms with E-state index in [0.717, 1.165) is 32.0 Å². The van der Waals surface area contributed by atoms with Crippen molar-refractivity contribution in [2.24, 2.45) is 4.99 Å². The molecule has 2 saturated heterocycles. The number of nitrogens with one attached hydrogen (secondary N) is 1. The van der Waals surface area contributed by atoms with Crippen molar-refractivity contribution in [1.29, 1.82) is 0 Å². The maximum absolute atomic E-state index is 5.95. The summed E-state index contributed by atoms with van der Waals surface area (Å²) in [4.78, 5) is 13.4. The third-order valence-corrected chi connectivity index (χ3v) is 4.75. The van der Waals surface area contributed by atoms with Gasteiger partial charge in [-0.05, 0) is 32.5 Å². The van der Waals surface area contributed by atoms with Crippen molar-refractivity contribution in [3.63, 3.8) is 0 Å². The maximum Gasteiger partial charge on any atom is 0.213 e. The molecule has 3 rings (SSSR count). The van der Waals surface area contributed by atoms with Crippen molar-refractivity contribution in [3.05, 3.63) is 24.4 Å². The highest BCUT2D eigenvalue weighted by Crippen LogP contribution is 2.17. The molecule has 1 aromatic rings. The van der Waals surface area contributed by atoms with Crippen LogP contribution in [0.5, 0.6) is 5.88 Å². The minimum absolute atomic E-state index is 0.178. The van der Waals surface area contributed by atoms with E-state index in [-0.39, 0.29) is 6.10 Å². The van der Waals surface area contributed by atoms with Crippen LogP contribution in [0.15, 0.2) is 29.4 Å². The molecule has 0 aliphatic carbocycles. The molecule has 0 bridgehead atoms. The van der Waals surface area contributed by atoms with Gasteiger partial charge in [0, 0.05) is 44.9 Å². The summed E-state index contributed by atoms with van der Waals surface area (Å²) in [7, 11) is 4.06. The highest BCUT2D eigenvalue weighted by molar-refractivity contribution is 5.80. The zero-order valence-corrected chi connectivity index (χ0v) is 14.1. The number of ether oxygens (including phenoxy) is 1. The number of guanidine groups is 1. The fourth-order valence-electron chi connectivity index (χ4n) is 3.38. The van der Waals surface area contributed by atoms with Gasteiger partial charge in [0.1, 0.15) is 6.10 Å². The molecule has 3 heterocycles. The third kappa shape index (κ3) is 4.13. The second kappa shape index (κ2) is 7.64. The molecule has 2 fully saturated rings. The molecule has 2 aliphatic rings. The number of likely N-dealkylation sites (tertiary alicyclic amines) is 2. The lowest BCUT2D eigenvalue weighted by molar-refractivity contribution is 0.205. The highest BCUT2D eigenvalue weighted by Gasteiger charge is 2.27. The van der Waals surface area contributed by atoms with E-state index in [1.54, 1.807) is 6.20 Å². The van der Waals surface area contributed by atoms with Crippen molar-refractivity contribution >= 4 is 5.96 Å². The Kier molecular flexibility index (Phi) is 5.33. The summed E-state index contributed by atoms with van der Waals surface area (Å²) >= 11 is 0. The van der Waals surface area contributed by atoms with Gasteiger partial charge in [-0.15, -0.1) is 0 Å². The van der Waals surface area contributed by atoms with Gasteiger partial charge in [0.25, 0.3) is 0 Å². The van der Waals surface area contributed by atoms with Crippen LogP contribution in [-0.4, -0.2) is 73.2 Å². The summed E-state index contributed by atoms with van der Waals surface area (Å²) < 4.78 is 5.95. The van der Waals surface area contributed by atoms with E-state index in [0.29, 0.717) is 11.9 Å². The molecule has 0 spiro atoms. The topological polar surface area (TPSA) is 53.0 Å². The predicted molar refractivity (Wildman–Crippen MR) is 91.9 cm³/mol. The first-order valence-electron chi connectivity index (χ1n) is 8.50. The second-order valence-corrected chi connectivity index (χ2v) is 6.35. The molecule has 0 amide bonds. The molecule has 23 heavy (non-hydrogen) atoms. The van der Waals surface area contributed by atoms with Crippen LogP contribution < -0.4 is 10.1 Å². The van der Waals surface area contributed by atoms with Crippen LogP contribution in [0, 0.1) is 0 Å². The van der Waals surface area contributed by atoms with E-state index in [4.69, 9.17) is 4.74 Å². The fraction of sp³-hybridized carbons (Fsp3) is 0.647. The van der Waals surface area contributed by atoms with Crippen LogP contribution in [0.4, 0.5) is 0 Å². The minimum atomic E-state index is 0.178. The van der Waals surface area contributed by atoms with Crippen LogP contribution in [-0.2, 0) is 0 Å². The number of hydrogen-bond acceptors (Lipinski definition) is 4. The molecular formula is C17H27N5O. The first kappa shape index (κ1) is 16.1. The van der Waals surface area contributed by atoms with Crippen molar-refractivity contribution in [3.8, 4) is 5.88 Å². The second-order valence-electron chi connectivity index (χ2n) is 6.35. The van der Waals surface area contributed by atoms with Gasteiger partial charge >= 0.3 is 0 Å². The van der Waals surface area contributed by atoms with Gasteiger partial charge in [-0.25, -0.2) is 4.98 Å². The van der Waals surface area contributed by atoms with Gasteiger partial charge in [-0.2, -0.15) is 0 Å². The summed E-state index contributed by atoms with van der Waals surface area (Å²) in [6, 6.07) is 6.38. The number of aromatic nitrogens is 1. The molecule has 2 atom stereocenters. The van der Waals surface area contributed by atoms with Crippen LogP contribution >= 0.6 is 0 Å². The van der Waals surface area contributed by atoms with Gasteiger partial charge < -0.3 is 19.9 Å². The molecule has 2 aliphatic heterocycles. The predicted octanol–water partition coefficient (Wildman–Crippen LogP) is 1.20. The lowest BCUT2D eigenvalue weighted by atomic mass is 10.2. The van der Waals surface area contributed by atoms with E-state index < -0.39 is 0 Å². The van der Waals surface area contributed by atoms with Gasteiger partial charge in [0.15, 0.2) is 5.96 Å². The summed E-state index contributed by atoms with van der Waals surface area (Å²) in [5, 5.41) is 3.53. The average Bonchev–Trinajstić information content (AvgIpc) is 3.19. The van der Waals surface area contributed by atoms with Crippen molar-refractivity contribution in [2.75, 3.05) is 40.3 Å². The minimum Gasteiger partial charge on any atom is -0.472 e. The van der Waals surface area contributed by atoms with Crippen molar-refractivity contribution in [1.82, 2.24) is 20.1 Å². The van der Waals surface area contributed by atoms with Gasteiger partial charge in [-0.1, -0.05) is 6.07 Å². The SMILES string of the molecule is CN=C(NCC1CCCN1C)N1CCC(Oc2ccccn2)C1. The Balaban J connectivity index is 1.48. The smallest absolute Gasteiger partial charge is 0.213 e. The number of rotatable bonds is 4. The molecule has 0 radical (unpaired) electrons. The summed E-state index contributed by atoms with van der Waals surface area (Å²) in [5.41, 5.74) is 0. The normalized spacial score (nSPS) is 25.8. The summed E-state index contributed by atoms with van der Waals surface area (Å²) in [5.74, 6) is 1.69. The molecule has 1 N–H and O–H groups in total. The first-order valence-corrected chi connectivity index (χ1v) is 8.50.